The normalized spacial score (nSPS) is 11.0. The smallest absolute Gasteiger partial charge is 0.255 e. The van der Waals surface area contributed by atoms with Gasteiger partial charge in [0.05, 0.1) is 11.1 Å². The van der Waals surface area contributed by atoms with Gasteiger partial charge in [-0.3, -0.25) is 4.79 Å². The predicted octanol–water partition coefficient (Wildman–Crippen LogP) is 6.45. The minimum atomic E-state index is -0.179. The number of halogens is 1. The Morgan fingerprint density at radius 2 is 1.81 bits per heavy atom. The zero-order valence-electron chi connectivity index (χ0n) is 17.7. The summed E-state index contributed by atoms with van der Waals surface area (Å²) in [5.41, 5.74) is 6.41. The van der Waals surface area contributed by atoms with Crippen molar-refractivity contribution in [3.63, 3.8) is 0 Å². The van der Waals surface area contributed by atoms with Crippen LogP contribution >= 0.6 is 15.9 Å². The van der Waals surface area contributed by atoms with E-state index in [0.717, 1.165) is 26.8 Å². The molecular formula is C25H23BrN2O3. The first-order valence-corrected chi connectivity index (χ1v) is 10.9. The number of hydrogen-bond acceptors (Lipinski definition) is 4. The summed E-state index contributed by atoms with van der Waals surface area (Å²) in [6.45, 7) is 6.63. The van der Waals surface area contributed by atoms with E-state index < -0.39 is 0 Å². The molecule has 3 aromatic carbocycles. The largest absolute Gasteiger partial charge is 0.493 e. The third-order valence-corrected chi connectivity index (χ3v) is 5.73. The Morgan fingerprint density at radius 1 is 1.06 bits per heavy atom. The summed E-state index contributed by atoms with van der Waals surface area (Å²) in [5, 5.41) is 2.92. The van der Waals surface area contributed by atoms with Crippen molar-refractivity contribution in [3.8, 4) is 5.75 Å². The van der Waals surface area contributed by atoms with Crippen molar-refractivity contribution in [2.45, 2.75) is 27.2 Å². The maximum absolute atomic E-state index is 12.6. The van der Waals surface area contributed by atoms with Gasteiger partial charge in [-0.1, -0.05) is 12.1 Å². The average molecular weight is 479 g/mol. The molecule has 158 valence electrons. The Kier molecular flexibility index (Phi) is 6.09. The number of carbonyl (C=O) groups excluding carboxylic acids is 1. The highest BCUT2D eigenvalue weighted by atomic mass is 79.9. The number of hydrogen-bond donors (Lipinski definition) is 1. The monoisotopic (exact) mass is 478 g/mol. The molecule has 4 rings (SSSR count). The summed E-state index contributed by atoms with van der Waals surface area (Å²) < 4.78 is 12.1. The highest BCUT2D eigenvalue weighted by Gasteiger charge is 2.11. The second kappa shape index (κ2) is 8.94. The number of aromatic nitrogens is 1. The minimum Gasteiger partial charge on any atom is -0.493 e. The fraction of sp³-hybridized carbons (Fsp3) is 0.200. The van der Waals surface area contributed by atoms with Crippen molar-refractivity contribution in [2.24, 2.45) is 0 Å². The molecule has 6 heteroatoms. The molecule has 5 nitrogen and oxygen atoms in total. The molecule has 0 aliphatic heterocycles. The second-order valence-corrected chi connectivity index (χ2v) is 8.27. The number of nitrogens with zero attached hydrogens (tertiary/aromatic N) is 1. The molecule has 4 aromatic rings. The third-order valence-electron chi connectivity index (χ3n) is 5.11. The maximum Gasteiger partial charge on any atom is 0.255 e. The summed E-state index contributed by atoms with van der Waals surface area (Å²) in [6, 6.07) is 17.1. The van der Waals surface area contributed by atoms with Gasteiger partial charge in [-0.05, 0) is 95.9 Å². The second-order valence-electron chi connectivity index (χ2n) is 7.42. The Hall–Kier alpha value is -3.12. The van der Waals surface area contributed by atoms with Crippen LogP contribution in [0.5, 0.6) is 5.75 Å². The summed E-state index contributed by atoms with van der Waals surface area (Å²) in [5.74, 6) is 1.21. The molecule has 0 fully saturated rings. The number of anilines is 1. The first kappa shape index (κ1) is 21.1. The Labute approximate surface area is 189 Å². The average Bonchev–Trinajstić information content (AvgIpc) is 3.12. The van der Waals surface area contributed by atoms with Crippen LogP contribution in [-0.4, -0.2) is 17.5 Å². The number of aryl methyl sites for hydroxylation is 2. The molecule has 1 N–H and O–H groups in total. The van der Waals surface area contributed by atoms with Crippen LogP contribution in [0.3, 0.4) is 0 Å². The number of fused-ring (bicyclic) bond motifs is 1. The van der Waals surface area contributed by atoms with Crippen LogP contribution < -0.4 is 10.1 Å². The van der Waals surface area contributed by atoms with Gasteiger partial charge in [-0.15, -0.1) is 0 Å². The van der Waals surface area contributed by atoms with E-state index in [9.17, 15) is 4.79 Å². The summed E-state index contributed by atoms with van der Waals surface area (Å²) in [4.78, 5) is 17.2. The molecule has 0 saturated carbocycles. The first-order valence-electron chi connectivity index (χ1n) is 10.1. The quantitative estimate of drug-likeness (QED) is 0.345. The lowest BCUT2D eigenvalue weighted by Gasteiger charge is -2.09. The van der Waals surface area contributed by atoms with Gasteiger partial charge in [0.1, 0.15) is 11.3 Å². The molecule has 1 heterocycles. The molecule has 1 aromatic heterocycles. The molecule has 0 spiro atoms. The van der Waals surface area contributed by atoms with Gasteiger partial charge in [-0.25, -0.2) is 4.98 Å². The topological polar surface area (TPSA) is 64.4 Å². The Morgan fingerprint density at radius 3 is 2.52 bits per heavy atom. The SMILES string of the molecule is CCOc1ccc(C(=O)Nc2ccc(Cc3nc4cc(C)c(C)cc4o3)cc2)cc1Br. The van der Waals surface area contributed by atoms with Crippen LogP contribution in [-0.2, 0) is 6.42 Å². The van der Waals surface area contributed by atoms with E-state index in [1.165, 1.54) is 11.1 Å². The van der Waals surface area contributed by atoms with Gasteiger partial charge in [-0.2, -0.15) is 0 Å². The van der Waals surface area contributed by atoms with Gasteiger partial charge in [0.2, 0.25) is 0 Å². The zero-order chi connectivity index (χ0) is 22.0. The van der Waals surface area contributed by atoms with Crippen LogP contribution in [0, 0.1) is 13.8 Å². The maximum atomic E-state index is 12.6. The van der Waals surface area contributed by atoms with Gasteiger partial charge in [0.25, 0.3) is 5.91 Å². The molecule has 1 amide bonds. The highest BCUT2D eigenvalue weighted by molar-refractivity contribution is 9.10. The lowest BCUT2D eigenvalue weighted by molar-refractivity contribution is 0.102. The standard InChI is InChI=1S/C25H23BrN2O3/c1-4-30-22-10-7-18(14-20(22)26)25(29)27-19-8-5-17(6-9-19)13-24-28-21-11-15(2)16(3)12-23(21)31-24/h5-12,14H,4,13H2,1-3H3,(H,27,29). The number of nitrogens with one attached hydrogen (secondary N) is 1. The zero-order valence-corrected chi connectivity index (χ0v) is 19.2. The Bertz CT molecular complexity index is 1210. The molecule has 31 heavy (non-hydrogen) atoms. The molecule has 0 atom stereocenters. The lowest BCUT2D eigenvalue weighted by Crippen LogP contribution is -2.12. The number of rotatable bonds is 6. The molecule has 0 bridgehead atoms. The van der Waals surface area contributed by atoms with Crippen molar-refractivity contribution < 1.29 is 13.9 Å². The van der Waals surface area contributed by atoms with E-state index in [1.807, 2.05) is 37.3 Å². The van der Waals surface area contributed by atoms with Crippen molar-refractivity contribution >= 4 is 38.6 Å². The van der Waals surface area contributed by atoms with E-state index in [1.54, 1.807) is 18.2 Å². The highest BCUT2D eigenvalue weighted by Crippen LogP contribution is 2.27. The number of amides is 1. The summed E-state index contributed by atoms with van der Waals surface area (Å²) in [7, 11) is 0. The summed E-state index contributed by atoms with van der Waals surface area (Å²) in [6.07, 6.45) is 0.590. The van der Waals surface area contributed by atoms with E-state index in [-0.39, 0.29) is 5.91 Å². The molecule has 0 unspecified atom stereocenters. The molecule has 0 aliphatic rings. The molecule has 0 aliphatic carbocycles. The number of oxazole rings is 1. The molecular weight excluding hydrogens is 456 g/mol. The van der Waals surface area contributed by atoms with E-state index in [2.05, 4.69) is 46.1 Å². The van der Waals surface area contributed by atoms with Crippen molar-refractivity contribution in [2.75, 3.05) is 11.9 Å². The predicted molar refractivity (Wildman–Crippen MR) is 126 cm³/mol. The van der Waals surface area contributed by atoms with E-state index in [0.29, 0.717) is 30.2 Å². The van der Waals surface area contributed by atoms with E-state index in [4.69, 9.17) is 9.15 Å². The number of ether oxygens (including phenoxy) is 1. The van der Waals surface area contributed by atoms with Gasteiger partial charge < -0.3 is 14.5 Å². The van der Waals surface area contributed by atoms with Crippen molar-refractivity contribution in [1.82, 2.24) is 4.98 Å². The molecule has 0 radical (unpaired) electrons. The fourth-order valence-electron chi connectivity index (χ4n) is 3.30. The fourth-order valence-corrected chi connectivity index (χ4v) is 3.79. The number of carbonyl (C=O) groups is 1. The van der Waals surface area contributed by atoms with Gasteiger partial charge in [0.15, 0.2) is 11.5 Å². The minimum absolute atomic E-state index is 0.179. The van der Waals surface area contributed by atoms with Gasteiger partial charge in [0, 0.05) is 17.7 Å². The van der Waals surface area contributed by atoms with Crippen LogP contribution in [0.1, 0.15) is 39.9 Å². The third kappa shape index (κ3) is 4.80. The van der Waals surface area contributed by atoms with Crippen molar-refractivity contribution in [1.29, 1.82) is 0 Å². The van der Waals surface area contributed by atoms with Crippen LogP contribution in [0.25, 0.3) is 11.1 Å². The number of benzene rings is 3. The van der Waals surface area contributed by atoms with Gasteiger partial charge >= 0.3 is 0 Å². The van der Waals surface area contributed by atoms with Crippen LogP contribution in [0.4, 0.5) is 5.69 Å². The molecule has 0 saturated heterocycles. The van der Waals surface area contributed by atoms with Crippen molar-refractivity contribution in [3.05, 3.63) is 87.2 Å². The van der Waals surface area contributed by atoms with E-state index >= 15 is 0 Å². The summed E-state index contributed by atoms with van der Waals surface area (Å²) >= 11 is 3.44. The Balaban J connectivity index is 1.43. The lowest BCUT2D eigenvalue weighted by atomic mass is 10.1. The van der Waals surface area contributed by atoms with Crippen LogP contribution in [0.2, 0.25) is 0 Å². The first-order chi connectivity index (χ1) is 14.9. The van der Waals surface area contributed by atoms with Crippen LogP contribution in [0.15, 0.2) is 63.5 Å².